The molecule has 0 radical (unpaired) electrons. The Morgan fingerprint density at radius 3 is 2.33 bits per heavy atom. The maximum absolute atomic E-state index is 11.7. The zero-order chi connectivity index (χ0) is 13.0. The smallest absolute Gasteiger partial charge is 0.310 e. The van der Waals surface area contributed by atoms with Gasteiger partial charge in [0.15, 0.2) is 0 Å². The zero-order valence-electron chi connectivity index (χ0n) is 10.3. The molecule has 1 saturated carbocycles. The van der Waals surface area contributed by atoms with Crippen molar-refractivity contribution in [2.45, 2.75) is 20.0 Å². The Morgan fingerprint density at radius 1 is 1.11 bits per heavy atom. The lowest BCUT2D eigenvalue weighted by Crippen LogP contribution is -2.13. The molecular formula is C14H16O4. The standard InChI is InChI=1S/C14H16O4/c1-2-17-13(15)11-8-12(11)14(16)18-9-10-6-4-3-5-7-10/h3-7,11-12H,2,8-9H2,1H3/t11-,12-/m1/s1. The topological polar surface area (TPSA) is 52.6 Å². The minimum atomic E-state index is -0.312. The van der Waals surface area contributed by atoms with Crippen LogP contribution < -0.4 is 0 Å². The van der Waals surface area contributed by atoms with E-state index in [0.29, 0.717) is 13.0 Å². The first-order chi connectivity index (χ1) is 8.72. The second-order valence-corrected chi connectivity index (χ2v) is 4.29. The monoisotopic (exact) mass is 248 g/mol. The highest BCUT2D eigenvalue weighted by molar-refractivity contribution is 5.87. The van der Waals surface area contributed by atoms with Crippen molar-refractivity contribution >= 4 is 11.9 Å². The molecule has 1 aliphatic carbocycles. The van der Waals surface area contributed by atoms with Gasteiger partial charge < -0.3 is 9.47 Å². The molecule has 0 saturated heterocycles. The lowest BCUT2D eigenvalue weighted by Gasteiger charge is -2.04. The van der Waals surface area contributed by atoms with E-state index in [4.69, 9.17) is 9.47 Å². The SMILES string of the molecule is CCOC(=O)[C@@H]1C[C@H]1C(=O)OCc1ccccc1. The Morgan fingerprint density at radius 2 is 1.72 bits per heavy atom. The highest BCUT2D eigenvalue weighted by atomic mass is 16.5. The summed E-state index contributed by atoms with van der Waals surface area (Å²) in [5.41, 5.74) is 0.944. The van der Waals surface area contributed by atoms with E-state index in [0.717, 1.165) is 5.56 Å². The summed E-state index contributed by atoms with van der Waals surface area (Å²) in [4.78, 5) is 23.0. The molecule has 0 bridgehead atoms. The number of hydrogen-bond acceptors (Lipinski definition) is 4. The highest BCUT2D eigenvalue weighted by Crippen LogP contribution is 2.40. The number of ether oxygens (including phenoxy) is 2. The third-order valence-electron chi connectivity index (χ3n) is 2.91. The van der Waals surface area contributed by atoms with Crippen LogP contribution >= 0.6 is 0 Å². The minimum Gasteiger partial charge on any atom is -0.466 e. The second-order valence-electron chi connectivity index (χ2n) is 4.29. The van der Waals surface area contributed by atoms with Gasteiger partial charge in [-0.1, -0.05) is 30.3 Å². The van der Waals surface area contributed by atoms with Crippen molar-refractivity contribution < 1.29 is 19.1 Å². The Balaban J connectivity index is 1.76. The molecule has 2 atom stereocenters. The van der Waals surface area contributed by atoms with E-state index >= 15 is 0 Å². The van der Waals surface area contributed by atoms with Crippen molar-refractivity contribution in [3.05, 3.63) is 35.9 Å². The van der Waals surface area contributed by atoms with Gasteiger partial charge in [-0.15, -0.1) is 0 Å². The molecule has 0 heterocycles. The Hall–Kier alpha value is -1.84. The van der Waals surface area contributed by atoms with E-state index < -0.39 is 0 Å². The van der Waals surface area contributed by atoms with Gasteiger partial charge in [-0.05, 0) is 18.9 Å². The average Bonchev–Trinajstić information content (AvgIpc) is 3.18. The van der Waals surface area contributed by atoms with Crippen LogP contribution in [0.5, 0.6) is 0 Å². The van der Waals surface area contributed by atoms with Crippen LogP contribution in [-0.4, -0.2) is 18.5 Å². The molecule has 1 fully saturated rings. The van der Waals surface area contributed by atoms with Crippen molar-refractivity contribution in [2.24, 2.45) is 11.8 Å². The molecule has 1 aromatic carbocycles. The number of benzene rings is 1. The van der Waals surface area contributed by atoms with Gasteiger partial charge in [-0.2, -0.15) is 0 Å². The maximum atomic E-state index is 11.7. The van der Waals surface area contributed by atoms with Crippen molar-refractivity contribution in [2.75, 3.05) is 6.61 Å². The molecule has 0 amide bonds. The van der Waals surface area contributed by atoms with E-state index in [1.807, 2.05) is 30.3 Å². The fraction of sp³-hybridized carbons (Fsp3) is 0.429. The molecular weight excluding hydrogens is 232 g/mol. The van der Waals surface area contributed by atoms with Gasteiger partial charge in [0, 0.05) is 0 Å². The molecule has 4 nitrogen and oxygen atoms in total. The molecule has 0 unspecified atom stereocenters. The van der Waals surface area contributed by atoms with Gasteiger partial charge >= 0.3 is 11.9 Å². The quantitative estimate of drug-likeness (QED) is 0.747. The fourth-order valence-corrected chi connectivity index (χ4v) is 1.80. The average molecular weight is 248 g/mol. The largest absolute Gasteiger partial charge is 0.466 e. The molecule has 2 rings (SSSR count). The third kappa shape index (κ3) is 3.09. The molecule has 1 aromatic rings. The predicted octanol–water partition coefficient (Wildman–Crippen LogP) is 1.93. The van der Waals surface area contributed by atoms with Gasteiger partial charge in [-0.25, -0.2) is 0 Å². The summed E-state index contributed by atoms with van der Waals surface area (Å²) in [6.07, 6.45) is 0.548. The van der Waals surface area contributed by atoms with E-state index in [-0.39, 0.29) is 30.4 Å². The van der Waals surface area contributed by atoms with Crippen molar-refractivity contribution in [3.8, 4) is 0 Å². The molecule has 18 heavy (non-hydrogen) atoms. The number of carbonyl (C=O) groups is 2. The normalized spacial score (nSPS) is 21.2. The maximum Gasteiger partial charge on any atom is 0.310 e. The zero-order valence-corrected chi connectivity index (χ0v) is 10.3. The first kappa shape index (κ1) is 12.6. The van der Waals surface area contributed by atoms with Crippen LogP contribution in [0.4, 0.5) is 0 Å². The van der Waals surface area contributed by atoms with Crippen LogP contribution in [-0.2, 0) is 25.7 Å². The summed E-state index contributed by atoms with van der Waals surface area (Å²) in [7, 11) is 0. The third-order valence-corrected chi connectivity index (χ3v) is 2.91. The molecule has 0 spiro atoms. The van der Waals surface area contributed by atoms with Crippen LogP contribution in [0.2, 0.25) is 0 Å². The predicted molar refractivity (Wildman–Crippen MR) is 64.5 cm³/mol. The van der Waals surface area contributed by atoms with Gasteiger partial charge in [-0.3, -0.25) is 9.59 Å². The summed E-state index contributed by atoms with van der Waals surface area (Å²) in [5, 5.41) is 0. The number of carbonyl (C=O) groups excluding carboxylic acids is 2. The van der Waals surface area contributed by atoms with Crippen LogP contribution in [0.3, 0.4) is 0 Å². The van der Waals surface area contributed by atoms with Crippen LogP contribution in [0, 0.1) is 11.8 Å². The molecule has 0 aliphatic heterocycles. The number of hydrogen-bond donors (Lipinski definition) is 0. The summed E-state index contributed by atoms with van der Waals surface area (Å²) in [6.45, 7) is 2.36. The van der Waals surface area contributed by atoms with Gasteiger partial charge in [0.05, 0.1) is 18.4 Å². The number of rotatable bonds is 5. The summed E-state index contributed by atoms with van der Waals surface area (Å²) in [6, 6.07) is 9.47. The van der Waals surface area contributed by atoms with Crippen molar-refractivity contribution in [1.29, 1.82) is 0 Å². The summed E-state index contributed by atoms with van der Waals surface area (Å²) >= 11 is 0. The Labute approximate surface area is 106 Å². The Kier molecular flexibility index (Phi) is 3.97. The van der Waals surface area contributed by atoms with Gasteiger partial charge in [0.25, 0.3) is 0 Å². The molecule has 1 aliphatic rings. The van der Waals surface area contributed by atoms with E-state index in [9.17, 15) is 9.59 Å². The van der Waals surface area contributed by atoms with E-state index in [1.165, 1.54) is 0 Å². The van der Waals surface area contributed by atoms with Crippen LogP contribution in [0.1, 0.15) is 18.9 Å². The van der Waals surface area contributed by atoms with Crippen molar-refractivity contribution in [3.63, 3.8) is 0 Å². The molecule has 0 aromatic heterocycles. The minimum absolute atomic E-state index is 0.256. The van der Waals surface area contributed by atoms with Crippen molar-refractivity contribution in [1.82, 2.24) is 0 Å². The Bertz CT molecular complexity index is 427. The summed E-state index contributed by atoms with van der Waals surface area (Å²) in [5.74, 6) is -1.21. The first-order valence-corrected chi connectivity index (χ1v) is 6.09. The molecule has 4 heteroatoms. The summed E-state index contributed by atoms with van der Waals surface area (Å²) < 4.78 is 10.0. The number of esters is 2. The van der Waals surface area contributed by atoms with Crippen LogP contribution in [0.25, 0.3) is 0 Å². The van der Waals surface area contributed by atoms with Crippen LogP contribution in [0.15, 0.2) is 30.3 Å². The first-order valence-electron chi connectivity index (χ1n) is 6.09. The van der Waals surface area contributed by atoms with E-state index in [1.54, 1.807) is 6.92 Å². The molecule has 0 N–H and O–H groups in total. The van der Waals surface area contributed by atoms with Gasteiger partial charge in [0.1, 0.15) is 6.61 Å². The fourth-order valence-electron chi connectivity index (χ4n) is 1.80. The van der Waals surface area contributed by atoms with Gasteiger partial charge in [0.2, 0.25) is 0 Å². The lowest BCUT2D eigenvalue weighted by molar-refractivity contribution is -0.151. The van der Waals surface area contributed by atoms with E-state index in [2.05, 4.69) is 0 Å². The highest BCUT2D eigenvalue weighted by Gasteiger charge is 2.50. The lowest BCUT2D eigenvalue weighted by atomic mass is 10.2. The second kappa shape index (κ2) is 5.67. The molecule has 96 valence electrons.